The van der Waals surface area contributed by atoms with Crippen LogP contribution in [0.2, 0.25) is 0 Å². The van der Waals surface area contributed by atoms with E-state index in [9.17, 15) is 9.59 Å². The molecule has 3 aromatic rings. The molecule has 0 spiro atoms. The smallest absolute Gasteiger partial charge is 0.257 e. The molecule has 8 heteroatoms. The SMILES string of the molecule is O=C(Cc1csc(NC(=O)c2ccccc2)n1)NCC1COc2ccccc2O1. The molecule has 1 aliphatic rings. The summed E-state index contributed by atoms with van der Waals surface area (Å²) in [7, 11) is 0. The molecule has 1 aromatic heterocycles. The predicted molar refractivity (Wildman–Crippen MR) is 110 cm³/mol. The number of carbonyl (C=O) groups is 2. The maximum atomic E-state index is 12.2. The Labute approximate surface area is 171 Å². The number of amides is 2. The highest BCUT2D eigenvalue weighted by molar-refractivity contribution is 7.14. The second kappa shape index (κ2) is 8.74. The molecular weight excluding hydrogens is 390 g/mol. The fourth-order valence-corrected chi connectivity index (χ4v) is 3.53. The average molecular weight is 409 g/mol. The quantitative estimate of drug-likeness (QED) is 0.653. The number of hydrogen-bond donors (Lipinski definition) is 2. The lowest BCUT2D eigenvalue weighted by Gasteiger charge is -2.26. The Balaban J connectivity index is 1.25. The summed E-state index contributed by atoms with van der Waals surface area (Å²) in [5.41, 5.74) is 1.15. The number of benzene rings is 2. The summed E-state index contributed by atoms with van der Waals surface area (Å²) in [6.07, 6.45) is -0.119. The van der Waals surface area contributed by atoms with Crippen LogP contribution >= 0.6 is 11.3 Å². The Bertz CT molecular complexity index is 1010. The molecule has 2 N–H and O–H groups in total. The zero-order valence-electron chi connectivity index (χ0n) is 15.5. The monoisotopic (exact) mass is 409 g/mol. The van der Waals surface area contributed by atoms with Crippen molar-refractivity contribution in [2.24, 2.45) is 0 Å². The molecule has 1 unspecified atom stereocenters. The summed E-state index contributed by atoms with van der Waals surface area (Å²) in [5.74, 6) is 0.989. The Morgan fingerprint density at radius 2 is 1.83 bits per heavy atom. The van der Waals surface area contributed by atoms with E-state index in [0.717, 1.165) is 0 Å². The highest BCUT2D eigenvalue weighted by atomic mass is 32.1. The Kier molecular flexibility index (Phi) is 5.71. The highest BCUT2D eigenvalue weighted by Crippen LogP contribution is 2.30. The van der Waals surface area contributed by atoms with Crippen molar-refractivity contribution in [1.29, 1.82) is 0 Å². The number of anilines is 1. The first-order valence-corrected chi connectivity index (χ1v) is 10.0. The fourth-order valence-electron chi connectivity index (χ4n) is 2.82. The summed E-state index contributed by atoms with van der Waals surface area (Å²) >= 11 is 1.29. The van der Waals surface area contributed by atoms with Gasteiger partial charge in [-0.2, -0.15) is 0 Å². The number of nitrogens with one attached hydrogen (secondary N) is 2. The molecule has 0 radical (unpaired) electrons. The van der Waals surface area contributed by atoms with E-state index in [-0.39, 0.29) is 24.3 Å². The topological polar surface area (TPSA) is 89.6 Å². The van der Waals surface area contributed by atoms with Gasteiger partial charge in [0.05, 0.1) is 18.7 Å². The molecular formula is C21H19N3O4S. The molecule has 0 saturated carbocycles. The van der Waals surface area contributed by atoms with Crippen LogP contribution in [0.3, 0.4) is 0 Å². The van der Waals surface area contributed by atoms with Crippen LogP contribution in [0, 0.1) is 0 Å². The van der Waals surface area contributed by atoms with Crippen molar-refractivity contribution in [1.82, 2.24) is 10.3 Å². The standard InChI is InChI=1S/C21H19N3O4S/c25-19(22-11-16-12-27-17-8-4-5-9-18(17)28-16)10-15-13-29-21(23-15)24-20(26)14-6-2-1-3-7-14/h1-9,13,16H,10-12H2,(H,22,25)(H,23,24,26). The number of rotatable bonds is 6. The first kappa shape index (κ1) is 18.9. The van der Waals surface area contributed by atoms with Gasteiger partial charge in [-0.25, -0.2) is 4.98 Å². The zero-order chi connectivity index (χ0) is 20.1. The minimum Gasteiger partial charge on any atom is -0.486 e. The van der Waals surface area contributed by atoms with E-state index in [1.807, 2.05) is 30.3 Å². The second-order valence-corrected chi connectivity index (χ2v) is 7.30. The summed E-state index contributed by atoms with van der Waals surface area (Å²) in [6, 6.07) is 16.3. The molecule has 2 heterocycles. The van der Waals surface area contributed by atoms with E-state index >= 15 is 0 Å². The molecule has 0 aliphatic carbocycles. The number of para-hydroxylation sites is 2. The van der Waals surface area contributed by atoms with Crippen molar-refractivity contribution >= 4 is 28.3 Å². The van der Waals surface area contributed by atoms with Crippen molar-refractivity contribution in [3.05, 3.63) is 71.2 Å². The van der Waals surface area contributed by atoms with Gasteiger partial charge < -0.3 is 14.8 Å². The Morgan fingerprint density at radius 3 is 2.66 bits per heavy atom. The number of hydrogen-bond acceptors (Lipinski definition) is 6. The molecule has 1 atom stereocenters. The molecule has 148 valence electrons. The van der Waals surface area contributed by atoms with Crippen LogP contribution in [0.15, 0.2) is 60.0 Å². The van der Waals surface area contributed by atoms with Crippen LogP contribution in [-0.4, -0.2) is 36.1 Å². The molecule has 0 fully saturated rings. The number of aromatic nitrogens is 1. The third-order valence-electron chi connectivity index (χ3n) is 4.24. The summed E-state index contributed by atoms with van der Waals surface area (Å²) < 4.78 is 11.5. The fraction of sp³-hybridized carbons (Fsp3) is 0.190. The van der Waals surface area contributed by atoms with E-state index < -0.39 is 0 Å². The van der Waals surface area contributed by atoms with Gasteiger partial charge in [0, 0.05) is 10.9 Å². The molecule has 0 saturated heterocycles. The van der Waals surface area contributed by atoms with Crippen LogP contribution in [-0.2, 0) is 11.2 Å². The molecule has 29 heavy (non-hydrogen) atoms. The van der Waals surface area contributed by atoms with Gasteiger partial charge >= 0.3 is 0 Å². The van der Waals surface area contributed by atoms with Crippen molar-refractivity contribution in [2.45, 2.75) is 12.5 Å². The Hall–Kier alpha value is -3.39. The second-order valence-electron chi connectivity index (χ2n) is 6.44. The summed E-state index contributed by atoms with van der Waals surface area (Å²) in [5, 5.41) is 7.81. The molecule has 4 rings (SSSR count). The van der Waals surface area contributed by atoms with Gasteiger partial charge in [-0.15, -0.1) is 11.3 Å². The van der Waals surface area contributed by atoms with Crippen LogP contribution in [0.25, 0.3) is 0 Å². The van der Waals surface area contributed by atoms with Gasteiger partial charge in [0.25, 0.3) is 5.91 Å². The van der Waals surface area contributed by atoms with E-state index in [2.05, 4.69) is 15.6 Å². The van der Waals surface area contributed by atoms with Crippen molar-refractivity contribution in [3.8, 4) is 11.5 Å². The summed E-state index contributed by atoms with van der Waals surface area (Å²) in [4.78, 5) is 28.7. The van der Waals surface area contributed by atoms with Crippen molar-refractivity contribution in [3.63, 3.8) is 0 Å². The highest BCUT2D eigenvalue weighted by Gasteiger charge is 2.21. The van der Waals surface area contributed by atoms with Crippen LogP contribution in [0.1, 0.15) is 16.1 Å². The molecule has 2 aromatic carbocycles. The van der Waals surface area contributed by atoms with Gasteiger partial charge in [-0.1, -0.05) is 30.3 Å². The van der Waals surface area contributed by atoms with Crippen LogP contribution in [0.4, 0.5) is 5.13 Å². The van der Waals surface area contributed by atoms with Gasteiger partial charge in [-0.05, 0) is 24.3 Å². The normalized spacial score (nSPS) is 14.8. The molecule has 0 bridgehead atoms. The van der Waals surface area contributed by atoms with Crippen molar-refractivity contribution < 1.29 is 19.1 Å². The van der Waals surface area contributed by atoms with Crippen molar-refractivity contribution in [2.75, 3.05) is 18.5 Å². The average Bonchev–Trinajstić information content (AvgIpc) is 3.19. The lowest BCUT2D eigenvalue weighted by Crippen LogP contribution is -2.41. The van der Waals surface area contributed by atoms with E-state index in [1.165, 1.54) is 11.3 Å². The number of nitrogens with zero attached hydrogens (tertiary/aromatic N) is 1. The van der Waals surface area contributed by atoms with E-state index in [4.69, 9.17) is 9.47 Å². The van der Waals surface area contributed by atoms with Gasteiger partial charge in [0.2, 0.25) is 5.91 Å². The number of fused-ring (bicyclic) bond motifs is 1. The van der Waals surface area contributed by atoms with Crippen LogP contribution in [0.5, 0.6) is 11.5 Å². The minimum absolute atomic E-state index is 0.127. The maximum absolute atomic E-state index is 12.2. The predicted octanol–water partition coefficient (Wildman–Crippen LogP) is 2.89. The lowest BCUT2D eigenvalue weighted by molar-refractivity contribution is -0.121. The number of carbonyl (C=O) groups excluding carboxylic acids is 2. The first-order valence-electron chi connectivity index (χ1n) is 9.13. The largest absolute Gasteiger partial charge is 0.486 e. The number of ether oxygens (including phenoxy) is 2. The number of thiazole rings is 1. The lowest BCUT2D eigenvalue weighted by atomic mass is 10.2. The minimum atomic E-state index is -0.245. The zero-order valence-corrected chi connectivity index (χ0v) is 16.3. The molecule has 7 nitrogen and oxygen atoms in total. The maximum Gasteiger partial charge on any atom is 0.257 e. The first-order chi connectivity index (χ1) is 14.2. The van der Waals surface area contributed by atoms with Gasteiger partial charge in [-0.3, -0.25) is 14.9 Å². The van der Waals surface area contributed by atoms with Gasteiger partial charge in [0.1, 0.15) is 12.7 Å². The molecule has 1 aliphatic heterocycles. The third kappa shape index (κ3) is 4.91. The van der Waals surface area contributed by atoms with E-state index in [1.54, 1.807) is 29.6 Å². The Morgan fingerprint density at radius 1 is 1.07 bits per heavy atom. The van der Waals surface area contributed by atoms with Crippen LogP contribution < -0.4 is 20.1 Å². The third-order valence-corrected chi connectivity index (χ3v) is 5.05. The van der Waals surface area contributed by atoms with E-state index in [0.29, 0.717) is 41.0 Å². The molecule has 2 amide bonds. The summed E-state index contributed by atoms with van der Waals surface area (Å²) in [6.45, 7) is 0.721. The van der Waals surface area contributed by atoms with Gasteiger partial charge in [0.15, 0.2) is 16.6 Å².